The molecule has 2 aliphatic rings. The van der Waals surface area contributed by atoms with E-state index in [-0.39, 0.29) is 6.09 Å². The minimum absolute atomic E-state index is 0.154. The molecule has 0 aromatic rings. The van der Waals surface area contributed by atoms with E-state index in [0.29, 0.717) is 24.4 Å². The number of nitrogens with zero attached hydrogens (tertiary/aromatic N) is 1. The molecule has 4 heteroatoms. The molecule has 1 saturated heterocycles. The molecule has 0 spiro atoms. The van der Waals surface area contributed by atoms with E-state index < -0.39 is 0 Å². The van der Waals surface area contributed by atoms with Crippen LogP contribution in [0.25, 0.3) is 0 Å². The zero-order valence-corrected chi connectivity index (χ0v) is 12.6. The third kappa shape index (κ3) is 2.15. The number of carbonyl (C=O) groups is 1. The average molecular weight is 391 g/mol. The summed E-state index contributed by atoms with van der Waals surface area (Å²) in [5.41, 5.74) is 0. The number of amides is 1. The Morgan fingerprint density at radius 3 is 2.88 bits per heavy atom. The van der Waals surface area contributed by atoms with E-state index in [1.54, 1.807) is 0 Å². The third-order valence-electron chi connectivity index (χ3n) is 3.44. The van der Waals surface area contributed by atoms with Crippen molar-refractivity contribution in [2.75, 3.05) is 13.2 Å². The second-order valence-electron chi connectivity index (χ2n) is 4.63. The van der Waals surface area contributed by atoms with Crippen LogP contribution in [-0.4, -0.2) is 28.2 Å². The Hall–Kier alpha value is -0.432. The molecular formula is C12H17NO2W. The molecule has 1 aliphatic heterocycles. The number of allylic oxidation sites excluding steroid dienone is 2. The summed E-state index contributed by atoms with van der Waals surface area (Å²) < 4.78 is 6.27. The Morgan fingerprint density at radius 1 is 1.56 bits per heavy atom. The number of cyclic esters (lactones) is 1. The molecular weight excluding hydrogens is 374 g/mol. The molecule has 2 rings (SSSR count). The fourth-order valence-electron chi connectivity index (χ4n) is 2.53. The second-order valence-corrected chi connectivity index (χ2v) is 6.13. The summed E-state index contributed by atoms with van der Waals surface area (Å²) in [6, 6.07) is 0. The van der Waals surface area contributed by atoms with E-state index in [9.17, 15) is 4.79 Å². The normalized spacial score (nSPS) is 34.0. The number of ether oxygens (including phenoxy) is 1. The van der Waals surface area contributed by atoms with Crippen molar-refractivity contribution in [1.82, 2.24) is 4.90 Å². The number of carbonyl (C=O) groups excluding carboxylic acids is 1. The van der Waals surface area contributed by atoms with Gasteiger partial charge in [-0.15, -0.1) is 0 Å². The summed E-state index contributed by atoms with van der Waals surface area (Å²) in [6.07, 6.45) is 5.50. The van der Waals surface area contributed by atoms with Crippen molar-refractivity contribution in [3.05, 3.63) is 12.2 Å². The van der Waals surface area contributed by atoms with Crippen LogP contribution in [0.1, 0.15) is 20.3 Å². The van der Waals surface area contributed by atoms with Crippen LogP contribution in [-0.2, 0) is 24.1 Å². The van der Waals surface area contributed by atoms with Gasteiger partial charge in [0, 0.05) is 0 Å². The van der Waals surface area contributed by atoms with Crippen molar-refractivity contribution in [2.24, 2.45) is 17.8 Å². The van der Waals surface area contributed by atoms with Crippen molar-refractivity contribution in [2.45, 2.75) is 20.3 Å². The molecule has 1 fully saturated rings. The van der Waals surface area contributed by atoms with Crippen molar-refractivity contribution in [3.8, 4) is 0 Å². The Balaban J connectivity index is 2.14. The summed E-state index contributed by atoms with van der Waals surface area (Å²) >= 11 is 1.40. The van der Waals surface area contributed by atoms with E-state index in [1.165, 1.54) is 23.4 Å². The van der Waals surface area contributed by atoms with E-state index >= 15 is 0 Å². The molecule has 88 valence electrons. The van der Waals surface area contributed by atoms with E-state index in [1.807, 2.05) is 4.90 Å². The summed E-state index contributed by atoms with van der Waals surface area (Å²) in [5.74, 6) is 1.66. The van der Waals surface area contributed by atoms with Crippen LogP contribution in [0.4, 0.5) is 4.79 Å². The zero-order valence-electron chi connectivity index (χ0n) is 9.68. The van der Waals surface area contributed by atoms with Gasteiger partial charge in [-0.2, -0.15) is 0 Å². The Morgan fingerprint density at radius 2 is 2.31 bits per heavy atom. The van der Waals surface area contributed by atoms with Crippen LogP contribution < -0.4 is 0 Å². The van der Waals surface area contributed by atoms with Crippen LogP contribution in [0.2, 0.25) is 0 Å². The van der Waals surface area contributed by atoms with E-state index in [4.69, 9.17) is 4.74 Å². The quantitative estimate of drug-likeness (QED) is 0.674. The SMILES string of the molecule is CC1C=CC[C@@H](C)[C@@H]1[C](=[W])N1CCOC1=O. The van der Waals surface area contributed by atoms with Crippen LogP contribution in [0, 0.1) is 17.8 Å². The van der Waals surface area contributed by atoms with E-state index in [0.717, 1.165) is 13.0 Å². The number of hydrogen-bond donors (Lipinski definition) is 0. The Labute approximate surface area is 107 Å². The number of hydrogen-bond acceptors (Lipinski definition) is 2. The van der Waals surface area contributed by atoms with Gasteiger partial charge in [-0.3, -0.25) is 0 Å². The molecule has 1 amide bonds. The van der Waals surface area contributed by atoms with Gasteiger partial charge in [-0.1, -0.05) is 0 Å². The summed E-state index contributed by atoms with van der Waals surface area (Å²) in [7, 11) is 0. The predicted octanol–water partition coefficient (Wildman–Crippen LogP) is 1.96. The molecule has 1 heterocycles. The Bertz CT molecular complexity index is 340. The summed E-state index contributed by atoms with van der Waals surface area (Å²) in [6.45, 7) is 5.79. The molecule has 0 aromatic heterocycles. The van der Waals surface area contributed by atoms with Gasteiger partial charge >= 0.3 is 107 Å². The molecule has 1 aliphatic carbocycles. The van der Waals surface area contributed by atoms with E-state index in [2.05, 4.69) is 26.0 Å². The van der Waals surface area contributed by atoms with Crippen LogP contribution in [0.5, 0.6) is 0 Å². The topological polar surface area (TPSA) is 29.5 Å². The van der Waals surface area contributed by atoms with Crippen molar-refractivity contribution >= 4 is 10.1 Å². The molecule has 0 bridgehead atoms. The maximum atomic E-state index is 11.5. The first kappa shape index (κ1) is 12.0. The van der Waals surface area contributed by atoms with Crippen LogP contribution in [0.3, 0.4) is 0 Å². The minimum atomic E-state index is -0.154. The molecule has 1 unspecified atom stereocenters. The fraction of sp³-hybridized carbons (Fsp3) is 0.667. The summed E-state index contributed by atoms with van der Waals surface area (Å²) in [5, 5.41) is 0. The molecule has 0 saturated carbocycles. The van der Waals surface area contributed by atoms with Gasteiger partial charge in [-0.25, -0.2) is 0 Å². The molecule has 0 N–H and O–H groups in total. The van der Waals surface area contributed by atoms with Gasteiger partial charge in [0.25, 0.3) is 0 Å². The standard InChI is InChI=1S/C12H17NO2.W/c1-9-4-3-5-10(2)11(9)8-13-6-7-15-12(13)14;/h3-4,9-11H,5-7H2,1-2H3;/t9?,10-,11-;/m1./s1. The molecule has 3 nitrogen and oxygen atoms in total. The molecule has 16 heavy (non-hydrogen) atoms. The van der Waals surface area contributed by atoms with Gasteiger partial charge in [-0.05, 0) is 0 Å². The van der Waals surface area contributed by atoms with Gasteiger partial charge < -0.3 is 0 Å². The first-order chi connectivity index (χ1) is 7.61. The Kier molecular flexibility index (Phi) is 3.63. The first-order valence-electron chi connectivity index (χ1n) is 5.76. The zero-order chi connectivity index (χ0) is 11.7. The maximum absolute atomic E-state index is 11.5. The van der Waals surface area contributed by atoms with Gasteiger partial charge in [0.05, 0.1) is 0 Å². The molecule has 0 aromatic carbocycles. The number of rotatable bonds is 2. The van der Waals surface area contributed by atoms with Gasteiger partial charge in [0.1, 0.15) is 0 Å². The summed E-state index contributed by atoms with van der Waals surface area (Å²) in [4.78, 5) is 13.4. The van der Waals surface area contributed by atoms with Crippen molar-refractivity contribution < 1.29 is 28.9 Å². The predicted molar refractivity (Wildman–Crippen MR) is 58.6 cm³/mol. The fourth-order valence-corrected chi connectivity index (χ4v) is 4.74. The van der Waals surface area contributed by atoms with Gasteiger partial charge in [0.15, 0.2) is 0 Å². The second kappa shape index (κ2) is 4.83. The van der Waals surface area contributed by atoms with Crippen molar-refractivity contribution in [3.63, 3.8) is 0 Å². The van der Waals surface area contributed by atoms with Gasteiger partial charge in [0.2, 0.25) is 0 Å². The monoisotopic (exact) mass is 391 g/mol. The molecule has 3 atom stereocenters. The van der Waals surface area contributed by atoms with Crippen molar-refractivity contribution in [1.29, 1.82) is 0 Å². The third-order valence-corrected chi connectivity index (χ3v) is 5.21. The molecule has 0 radical (unpaired) electrons. The van der Waals surface area contributed by atoms with Crippen LogP contribution >= 0.6 is 0 Å². The first-order valence-corrected chi connectivity index (χ1v) is 7.22. The van der Waals surface area contributed by atoms with Crippen LogP contribution in [0.15, 0.2) is 12.2 Å². The average Bonchev–Trinajstić information content (AvgIpc) is 2.64.